The number of aromatic nitrogens is 1. The molecule has 0 aromatic carbocycles. The Morgan fingerprint density at radius 1 is 1.40 bits per heavy atom. The van der Waals surface area contributed by atoms with Gasteiger partial charge >= 0.3 is 0 Å². The first kappa shape index (κ1) is 17.9. The molecule has 1 aliphatic rings. The van der Waals surface area contributed by atoms with E-state index in [1.807, 2.05) is 28.8 Å². The lowest BCUT2D eigenvalue weighted by molar-refractivity contribution is -0.0456. The standard InChI is InChI=1S/C19H24F2N2O2/c1-25-10-6-15-12-16(18(22)24)17-14(3-2-9-23(15)17)11-13-4-7-19(20,21)8-5-13/h2-3,9,12-13H,4-8,10-11H2,1H3,(H2,22,24). The predicted molar refractivity (Wildman–Crippen MR) is 92.1 cm³/mol. The minimum Gasteiger partial charge on any atom is -0.384 e. The van der Waals surface area contributed by atoms with Crippen molar-refractivity contribution in [2.24, 2.45) is 11.7 Å². The third-order valence-corrected chi connectivity index (χ3v) is 5.13. The number of rotatable bonds is 6. The molecule has 0 radical (unpaired) electrons. The van der Waals surface area contributed by atoms with Gasteiger partial charge in [-0.3, -0.25) is 4.79 Å². The lowest BCUT2D eigenvalue weighted by Gasteiger charge is -2.28. The average molecular weight is 350 g/mol. The van der Waals surface area contributed by atoms with Crippen LogP contribution in [0.2, 0.25) is 0 Å². The summed E-state index contributed by atoms with van der Waals surface area (Å²) in [6.07, 6.45) is 4.19. The zero-order chi connectivity index (χ0) is 18.0. The van der Waals surface area contributed by atoms with Crippen molar-refractivity contribution >= 4 is 11.4 Å². The molecule has 0 aliphatic heterocycles. The van der Waals surface area contributed by atoms with E-state index >= 15 is 0 Å². The summed E-state index contributed by atoms with van der Waals surface area (Å²) in [5, 5.41) is 0. The van der Waals surface area contributed by atoms with E-state index < -0.39 is 11.8 Å². The van der Waals surface area contributed by atoms with Gasteiger partial charge in [0.05, 0.1) is 17.7 Å². The normalized spacial score (nSPS) is 17.9. The maximum Gasteiger partial charge on any atom is 0.250 e. The van der Waals surface area contributed by atoms with Gasteiger partial charge in [-0.05, 0) is 42.9 Å². The molecule has 2 N–H and O–H groups in total. The zero-order valence-electron chi connectivity index (χ0n) is 14.4. The van der Waals surface area contributed by atoms with E-state index in [9.17, 15) is 13.6 Å². The van der Waals surface area contributed by atoms with Crippen molar-refractivity contribution in [3.8, 4) is 0 Å². The van der Waals surface area contributed by atoms with Crippen molar-refractivity contribution in [3.05, 3.63) is 41.2 Å². The van der Waals surface area contributed by atoms with Gasteiger partial charge in [0.25, 0.3) is 5.91 Å². The van der Waals surface area contributed by atoms with E-state index in [0.29, 0.717) is 37.9 Å². The molecule has 3 rings (SSSR count). The van der Waals surface area contributed by atoms with Gasteiger partial charge in [-0.1, -0.05) is 6.07 Å². The van der Waals surface area contributed by atoms with Gasteiger partial charge in [0.15, 0.2) is 0 Å². The molecule has 1 aliphatic carbocycles. The van der Waals surface area contributed by atoms with E-state index in [1.54, 1.807) is 7.11 Å². The number of carbonyl (C=O) groups excluding carboxylic acids is 1. The number of primary amides is 1. The fourth-order valence-corrected chi connectivity index (χ4v) is 3.77. The molecule has 2 heterocycles. The lowest BCUT2D eigenvalue weighted by atomic mass is 9.83. The summed E-state index contributed by atoms with van der Waals surface area (Å²) < 4.78 is 33.9. The highest BCUT2D eigenvalue weighted by Gasteiger charge is 2.35. The monoisotopic (exact) mass is 350 g/mol. The van der Waals surface area contributed by atoms with Crippen molar-refractivity contribution < 1.29 is 18.3 Å². The summed E-state index contributed by atoms with van der Waals surface area (Å²) in [6, 6.07) is 5.71. The number of alkyl halides is 2. The number of pyridine rings is 1. The second kappa shape index (κ2) is 7.12. The lowest BCUT2D eigenvalue weighted by Crippen LogP contribution is -2.25. The highest BCUT2D eigenvalue weighted by atomic mass is 19.3. The molecule has 0 bridgehead atoms. The number of nitrogens with zero attached hydrogens (tertiary/aromatic N) is 1. The zero-order valence-corrected chi connectivity index (χ0v) is 14.4. The Kier molecular flexibility index (Phi) is 5.08. The molecule has 0 unspecified atom stereocenters. The first-order chi connectivity index (χ1) is 11.9. The summed E-state index contributed by atoms with van der Waals surface area (Å²) >= 11 is 0. The highest BCUT2D eigenvalue weighted by molar-refractivity contribution is 6.01. The third kappa shape index (κ3) is 3.84. The fourth-order valence-electron chi connectivity index (χ4n) is 3.77. The first-order valence-corrected chi connectivity index (χ1v) is 8.69. The molecular formula is C19H24F2N2O2. The van der Waals surface area contributed by atoms with Crippen LogP contribution in [-0.2, 0) is 17.6 Å². The van der Waals surface area contributed by atoms with Crippen molar-refractivity contribution in [2.45, 2.75) is 44.4 Å². The molecular weight excluding hydrogens is 326 g/mol. The fraction of sp³-hybridized carbons (Fsp3) is 0.526. The molecule has 136 valence electrons. The van der Waals surface area contributed by atoms with Gasteiger partial charge in [-0.25, -0.2) is 8.78 Å². The molecule has 0 atom stereocenters. The van der Waals surface area contributed by atoms with Crippen LogP contribution in [-0.4, -0.2) is 29.9 Å². The molecule has 2 aromatic heterocycles. The van der Waals surface area contributed by atoms with Crippen molar-refractivity contribution in [2.75, 3.05) is 13.7 Å². The van der Waals surface area contributed by atoms with Gasteiger partial charge in [0.2, 0.25) is 5.92 Å². The topological polar surface area (TPSA) is 56.7 Å². The van der Waals surface area contributed by atoms with E-state index in [1.165, 1.54) is 0 Å². The molecule has 1 fully saturated rings. The van der Waals surface area contributed by atoms with Gasteiger partial charge in [0, 0.05) is 38.3 Å². The number of methoxy groups -OCH3 is 1. The third-order valence-electron chi connectivity index (χ3n) is 5.13. The summed E-state index contributed by atoms with van der Waals surface area (Å²) in [7, 11) is 1.63. The SMILES string of the molecule is COCCc1cc(C(N)=O)c2c(CC3CCC(F)(F)CC3)cccn12. The second-order valence-corrected chi connectivity index (χ2v) is 6.91. The van der Waals surface area contributed by atoms with Gasteiger partial charge in [0.1, 0.15) is 0 Å². The van der Waals surface area contributed by atoms with Crippen molar-refractivity contribution in [1.29, 1.82) is 0 Å². The van der Waals surface area contributed by atoms with Crippen LogP contribution in [0.4, 0.5) is 8.78 Å². The molecule has 0 spiro atoms. The van der Waals surface area contributed by atoms with Crippen LogP contribution in [0.15, 0.2) is 24.4 Å². The Morgan fingerprint density at radius 3 is 2.76 bits per heavy atom. The Morgan fingerprint density at radius 2 is 2.12 bits per heavy atom. The molecule has 1 saturated carbocycles. The largest absolute Gasteiger partial charge is 0.384 e. The van der Waals surface area contributed by atoms with Crippen LogP contribution in [0.25, 0.3) is 5.52 Å². The number of halogens is 2. The van der Waals surface area contributed by atoms with Crippen molar-refractivity contribution in [3.63, 3.8) is 0 Å². The van der Waals surface area contributed by atoms with Gasteiger partial charge in [-0.2, -0.15) is 0 Å². The smallest absolute Gasteiger partial charge is 0.250 e. The van der Waals surface area contributed by atoms with Crippen LogP contribution < -0.4 is 5.73 Å². The molecule has 6 heteroatoms. The van der Waals surface area contributed by atoms with Crippen LogP contribution >= 0.6 is 0 Å². The van der Waals surface area contributed by atoms with E-state index in [4.69, 9.17) is 10.5 Å². The summed E-state index contributed by atoms with van der Waals surface area (Å²) in [4.78, 5) is 11.9. The minimum absolute atomic E-state index is 0.0520. The maximum absolute atomic E-state index is 13.4. The number of amides is 1. The molecule has 4 nitrogen and oxygen atoms in total. The van der Waals surface area contributed by atoms with Gasteiger partial charge < -0.3 is 14.9 Å². The molecule has 1 amide bonds. The number of nitrogens with two attached hydrogens (primary N) is 1. The number of carbonyl (C=O) groups is 1. The van der Waals surface area contributed by atoms with Crippen LogP contribution in [0.1, 0.15) is 47.3 Å². The first-order valence-electron chi connectivity index (χ1n) is 8.69. The maximum atomic E-state index is 13.4. The Labute approximate surface area is 146 Å². The van der Waals surface area contributed by atoms with E-state index in [0.717, 1.165) is 16.8 Å². The molecule has 25 heavy (non-hydrogen) atoms. The Hall–Kier alpha value is -1.95. The number of fused-ring (bicyclic) bond motifs is 1. The van der Waals surface area contributed by atoms with E-state index in [2.05, 4.69) is 0 Å². The van der Waals surface area contributed by atoms with E-state index in [-0.39, 0.29) is 18.8 Å². The minimum atomic E-state index is -2.52. The summed E-state index contributed by atoms with van der Waals surface area (Å²) in [5.41, 5.74) is 8.83. The second-order valence-electron chi connectivity index (χ2n) is 6.91. The number of hydrogen-bond donors (Lipinski definition) is 1. The molecule has 0 saturated heterocycles. The molecule has 2 aromatic rings. The van der Waals surface area contributed by atoms with Crippen LogP contribution in [0, 0.1) is 5.92 Å². The number of ether oxygens (including phenoxy) is 1. The summed E-state index contributed by atoms with van der Waals surface area (Å²) in [6.45, 7) is 0.548. The predicted octanol–water partition coefficient (Wildman–Crippen LogP) is 3.60. The Balaban J connectivity index is 1.92. The van der Waals surface area contributed by atoms with Crippen LogP contribution in [0.5, 0.6) is 0 Å². The summed E-state index contributed by atoms with van der Waals surface area (Å²) in [5.74, 6) is -2.78. The Bertz CT molecular complexity index is 760. The average Bonchev–Trinajstić information content (AvgIpc) is 2.95. The van der Waals surface area contributed by atoms with Crippen LogP contribution in [0.3, 0.4) is 0 Å². The highest BCUT2D eigenvalue weighted by Crippen LogP contribution is 2.38. The number of hydrogen-bond acceptors (Lipinski definition) is 2. The van der Waals surface area contributed by atoms with Crippen molar-refractivity contribution in [1.82, 2.24) is 4.40 Å². The quantitative estimate of drug-likeness (QED) is 0.865. The van der Waals surface area contributed by atoms with Gasteiger partial charge in [-0.15, -0.1) is 0 Å².